The smallest absolute Gasteiger partial charge is 0.102 e. The van der Waals surface area contributed by atoms with Crippen LogP contribution in [0.15, 0.2) is 23.3 Å². The van der Waals surface area contributed by atoms with E-state index < -0.39 is 23.2 Å². The maximum absolute atomic E-state index is 11.6. The molecule has 2 saturated carbocycles. The fraction of sp³-hybridized carbons (Fsp3) is 0.857. The maximum atomic E-state index is 11.6. The van der Waals surface area contributed by atoms with Crippen LogP contribution in [0.4, 0.5) is 0 Å². The van der Waals surface area contributed by atoms with Crippen LogP contribution in [0.25, 0.3) is 0 Å². The molecule has 0 aromatic rings. The van der Waals surface area contributed by atoms with E-state index in [0.29, 0.717) is 42.4 Å². The Labute approximate surface area is 190 Å². The maximum Gasteiger partial charge on any atom is 0.102 e. The molecule has 9 atom stereocenters. The molecule has 0 aromatic carbocycles. The second-order valence-electron chi connectivity index (χ2n) is 12.5. The number of rotatable bonds is 4. The summed E-state index contributed by atoms with van der Waals surface area (Å²) in [6, 6.07) is 0. The minimum atomic E-state index is -1.18. The molecule has 3 N–H and O–H groups in total. The van der Waals surface area contributed by atoms with Gasteiger partial charge in [-0.3, -0.25) is 0 Å². The number of aliphatic hydroxyl groups is 3. The zero-order valence-corrected chi connectivity index (χ0v) is 20.7. The fourth-order valence-corrected chi connectivity index (χ4v) is 8.08. The number of aliphatic hydroxyl groups excluding tert-OH is 2. The van der Waals surface area contributed by atoms with Crippen LogP contribution in [0.5, 0.6) is 0 Å². The van der Waals surface area contributed by atoms with Gasteiger partial charge in [0.1, 0.15) is 5.60 Å². The highest BCUT2D eigenvalue weighted by Crippen LogP contribution is 2.66. The number of hydrogen-bond acceptors (Lipinski definition) is 3. The lowest BCUT2D eigenvalue weighted by molar-refractivity contribution is -0.191. The Morgan fingerprint density at radius 3 is 2.35 bits per heavy atom. The van der Waals surface area contributed by atoms with Crippen LogP contribution in [-0.4, -0.2) is 33.1 Å². The van der Waals surface area contributed by atoms with Gasteiger partial charge in [-0.15, -0.1) is 0 Å². The number of hydrogen-bond donors (Lipinski definition) is 3. The van der Waals surface area contributed by atoms with E-state index in [-0.39, 0.29) is 5.41 Å². The normalized spacial score (nSPS) is 47.3. The van der Waals surface area contributed by atoms with Crippen molar-refractivity contribution >= 4 is 0 Å². The van der Waals surface area contributed by atoms with Crippen molar-refractivity contribution in [1.82, 2.24) is 0 Å². The molecule has 31 heavy (non-hydrogen) atoms. The summed E-state index contributed by atoms with van der Waals surface area (Å²) in [5, 5.41) is 33.0. The average Bonchev–Trinajstić information content (AvgIpc) is 3.05. The third kappa shape index (κ3) is 3.49. The summed E-state index contributed by atoms with van der Waals surface area (Å²) < 4.78 is 0. The van der Waals surface area contributed by atoms with E-state index in [4.69, 9.17) is 0 Å². The number of fused-ring (bicyclic) bond motifs is 4. The fourth-order valence-electron chi connectivity index (χ4n) is 8.08. The molecule has 4 rings (SSSR count). The van der Waals surface area contributed by atoms with Gasteiger partial charge in [0, 0.05) is 11.8 Å². The Morgan fingerprint density at radius 1 is 0.968 bits per heavy atom. The van der Waals surface area contributed by atoms with Crippen LogP contribution < -0.4 is 0 Å². The summed E-state index contributed by atoms with van der Waals surface area (Å²) >= 11 is 0. The Bertz CT molecular complexity index is 753. The molecule has 0 saturated heterocycles. The Balaban J connectivity index is 1.63. The molecule has 3 heteroatoms. The van der Waals surface area contributed by atoms with E-state index in [2.05, 4.69) is 53.7 Å². The van der Waals surface area contributed by atoms with E-state index in [0.717, 1.165) is 19.3 Å². The van der Waals surface area contributed by atoms with E-state index in [1.165, 1.54) is 30.4 Å². The van der Waals surface area contributed by atoms with E-state index in [1.54, 1.807) is 0 Å². The minimum Gasteiger partial charge on any atom is -0.393 e. The molecule has 0 spiro atoms. The van der Waals surface area contributed by atoms with E-state index >= 15 is 0 Å². The van der Waals surface area contributed by atoms with Gasteiger partial charge in [0.15, 0.2) is 0 Å². The molecule has 0 bridgehead atoms. The largest absolute Gasteiger partial charge is 0.393 e. The van der Waals surface area contributed by atoms with Crippen LogP contribution in [0.3, 0.4) is 0 Å². The summed E-state index contributed by atoms with van der Waals surface area (Å²) in [6.45, 7) is 14.0. The molecule has 4 aliphatic rings. The molecular formula is C28H46O3. The molecule has 0 aliphatic heterocycles. The van der Waals surface area contributed by atoms with Gasteiger partial charge in [0.05, 0.1) is 12.2 Å². The van der Waals surface area contributed by atoms with E-state index in [9.17, 15) is 15.3 Å². The van der Waals surface area contributed by atoms with Crippen molar-refractivity contribution in [3.05, 3.63) is 23.3 Å². The summed E-state index contributed by atoms with van der Waals surface area (Å²) in [4.78, 5) is 0. The van der Waals surface area contributed by atoms with Crippen molar-refractivity contribution in [2.45, 2.75) is 111 Å². The van der Waals surface area contributed by atoms with Gasteiger partial charge in [0.2, 0.25) is 0 Å². The highest BCUT2D eigenvalue weighted by molar-refractivity contribution is 5.39. The predicted octanol–water partition coefficient (Wildman–Crippen LogP) is 5.64. The monoisotopic (exact) mass is 430 g/mol. The second-order valence-corrected chi connectivity index (χ2v) is 12.5. The third-order valence-corrected chi connectivity index (χ3v) is 10.6. The molecule has 4 aliphatic carbocycles. The number of allylic oxidation sites excluding steroid dienone is 2. The van der Waals surface area contributed by atoms with Crippen molar-refractivity contribution in [3.63, 3.8) is 0 Å². The molecular weight excluding hydrogens is 384 g/mol. The van der Waals surface area contributed by atoms with Crippen molar-refractivity contribution in [3.8, 4) is 0 Å². The first kappa shape index (κ1) is 23.5. The Morgan fingerprint density at radius 2 is 1.68 bits per heavy atom. The average molecular weight is 431 g/mol. The molecule has 0 heterocycles. The molecule has 176 valence electrons. The van der Waals surface area contributed by atoms with Crippen LogP contribution in [-0.2, 0) is 0 Å². The van der Waals surface area contributed by atoms with Crippen LogP contribution in [0.1, 0.15) is 92.9 Å². The standard InChI is InChI=1S/C28H46O3/c1-17(2)18(3)7-8-19(4)22-9-10-23-21-15-25(30)28(31)16-20(29)11-14-27(28,6)24(21)12-13-26(22,23)5/h7-8,17-20,22-23,25,29-31H,9-16H2,1-6H3/b8-7+/t18?,19?,20?,22-,23+,25?,26-,27-,28?/m1/s1. The topological polar surface area (TPSA) is 60.7 Å². The minimum absolute atomic E-state index is 0.281. The summed E-state index contributed by atoms with van der Waals surface area (Å²) in [6.07, 6.45) is 10.7. The lowest BCUT2D eigenvalue weighted by atomic mass is 9.48. The molecule has 0 amide bonds. The van der Waals surface area contributed by atoms with Gasteiger partial charge in [-0.2, -0.15) is 0 Å². The molecule has 3 nitrogen and oxygen atoms in total. The van der Waals surface area contributed by atoms with Crippen molar-refractivity contribution in [2.75, 3.05) is 0 Å². The highest BCUT2D eigenvalue weighted by atomic mass is 16.3. The molecule has 2 fully saturated rings. The first-order valence-electron chi connectivity index (χ1n) is 12.9. The second kappa shape index (κ2) is 7.99. The summed E-state index contributed by atoms with van der Waals surface area (Å²) in [5.74, 6) is 3.07. The predicted molar refractivity (Wildman–Crippen MR) is 126 cm³/mol. The lowest BCUT2D eigenvalue weighted by Crippen LogP contribution is -2.63. The van der Waals surface area contributed by atoms with Gasteiger partial charge in [-0.1, -0.05) is 64.8 Å². The third-order valence-electron chi connectivity index (χ3n) is 10.6. The van der Waals surface area contributed by atoms with Crippen molar-refractivity contribution < 1.29 is 15.3 Å². The summed E-state index contributed by atoms with van der Waals surface area (Å²) in [5.41, 5.74) is 1.62. The molecule has 0 aromatic heterocycles. The SMILES string of the molecule is CC(C)C(C)/C=C/C(C)[C@H]1CC[C@H]2C3=C(CC[C@]12C)[C@@]1(C)CCC(O)CC1(O)C(O)C3. The highest BCUT2D eigenvalue weighted by Gasteiger charge is 2.63. The van der Waals surface area contributed by atoms with Crippen LogP contribution in [0, 0.1) is 40.4 Å². The first-order valence-corrected chi connectivity index (χ1v) is 12.9. The quantitative estimate of drug-likeness (QED) is 0.506. The van der Waals surface area contributed by atoms with Crippen molar-refractivity contribution in [2.24, 2.45) is 40.4 Å². The molecule has 0 radical (unpaired) electrons. The Hall–Kier alpha value is -0.640. The van der Waals surface area contributed by atoms with Gasteiger partial charge in [-0.25, -0.2) is 0 Å². The lowest BCUT2D eigenvalue weighted by Gasteiger charge is -2.60. The van der Waals surface area contributed by atoms with Crippen LogP contribution in [0.2, 0.25) is 0 Å². The van der Waals surface area contributed by atoms with Gasteiger partial charge in [-0.05, 0) is 80.0 Å². The van der Waals surface area contributed by atoms with Crippen molar-refractivity contribution in [1.29, 1.82) is 0 Å². The zero-order chi connectivity index (χ0) is 22.8. The van der Waals surface area contributed by atoms with Gasteiger partial charge < -0.3 is 15.3 Å². The van der Waals surface area contributed by atoms with Crippen LogP contribution >= 0.6 is 0 Å². The first-order chi connectivity index (χ1) is 14.4. The van der Waals surface area contributed by atoms with Gasteiger partial charge in [0.25, 0.3) is 0 Å². The molecule has 5 unspecified atom stereocenters. The van der Waals surface area contributed by atoms with E-state index in [1.807, 2.05) is 0 Å². The summed E-state index contributed by atoms with van der Waals surface area (Å²) in [7, 11) is 0. The zero-order valence-electron chi connectivity index (χ0n) is 20.7. The van der Waals surface area contributed by atoms with Gasteiger partial charge >= 0.3 is 0 Å². The Kier molecular flexibility index (Phi) is 6.06.